The summed E-state index contributed by atoms with van der Waals surface area (Å²) in [6.45, 7) is 6.83. The predicted octanol–water partition coefficient (Wildman–Crippen LogP) is 4.53. The Hall–Kier alpha value is -1.63. The molecule has 2 aromatic carbocycles. The second kappa shape index (κ2) is 8.62. The highest BCUT2D eigenvalue weighted by Gasteiger charge is 2.53. The molecule has 29 heavy (non-hydrogen) atoms. The molecule has 0 spiro atoms. The maximum Gasteiger partial charge on any atom is 0.261 e. The quantitative estimate of drug-likeness (QED) is 0.220. The zero-order valence-electron chi connectivity index (χ0n) is 17.1. The average molecular weight is 474 g/mol. The number of azide groups is 1. The summed E-state index contributed by atoms with van der Waals surface area (Å²) in [7, 11) is -2.72. The van der Waals surface area contributed by atoms with Crippen LogP contribution in [0.15, 0.2) is 65.8 Å². The Bertz CT molecular complexity index is 829. The Morgan fingerprint density at radius 2 is 1.66 bits per heavy atom. The van der Waals surface area contributed by atoms with Gasteiger partial charge in [0.15, 0.2) is 0 Å². The standard InChI is InChI=1S/C22H28BrN3O2Si/c1-21(2,3)29(17-10-6-4-7-11-17,18-12-8-5-9-13-18)28-16-22(27)15-14-19(20(22)23)25-26-24/h4-13,19-20,27H,14-16H2,1-3H3/t19-,20-,22+/m1/s1. The molecule has 7 heteroatoms. The van der Waals surface area contributed by atoms with Crippen LogP contribution in [-0.2, 0) is 4.43 Å². The van der Waals surface area contributed by atoms with E-state index < -0.39 is 13.9 Å². The Morgan fingerprint density at radius 3 is 2.10 bits per heavy atom. The fourth-order valence-corrected chi connectivity index (χ4v) is 9.72. The lowest BCUT2D eigenvalue weighted by Gasteiger charge is -2.45. The van der Waals surface area contributed by atoms with Crippen LogP contribution in [0, 0.1) is 0 Å². The molecule has 1 N–H and O–H groups in total. The highest BCUT2D eigenvalue weighted by molar-refractivity contribution is 9.09. The number of rotatable bonds is 6. The minimum absolute atomic E-state index is 0.156. The maximum absolute atomic E-state index is 11.3. The van der Waals surface area contributed by atoms with E-state index in [0.29, 0.717) is 12.8 Å². The topological polar surface area (TPSA) is 78.2 Å². The van der Waals surface area contributed by atoms with Gasteiger partial charge in [-0.25, -0.2) is 0 Å². The molecule has 0 heterocycles. The highest BCUT2D eigenvalue weighted by atomic mass is 79.9. The van der Waals surface area contributed by atoms with Crippen LogP contribution in [0.2, 0.25) is 5.04 Å². The lowest BCUT2D eigenvalue weighted by Crippen LogP contribution is -2.68. The first-order valence-corrected chi connectivity index (χ1v) is 12.7. The fourth-order valence-electron chi connectivity index (χ4n) is 4.37. The molecule has 0 saturated heterocycles. The first kappa shape index (κ1) is 22.1. The zero-order chi connectivity index (χ0) is 21.1. The largest absolute Gasteiger partial charge is 0.404 e. The monoisotopic (exact) mass is 473 g/mol. The van der Waals surface area contributed by atoms with Gasteiger partial charge in [0.2, 0.25) is 0 Å². The number of hydrogen-bond acceptors (Lipinski definition) is 3. The molecule has 0 unspecified atom stereocenters. The van der Waals surface area contributed by atoms with Crippen LogP contribution < -0.4 is 10.4 Å². The normalized spacial score (nSPS) is 24.9. The SMILES string of the molecule is CC(C)(C)[Si](OC[C@@]1(O)CC[C@@H](N=[N+]=[N-])[C@H]1Br)(c1ccccc1)c1ccccc1. The van der Waals surface area contributed by atoms with Gasteiger partial charge in [-0.05, 0) is 33.8 Å². The molecular weight excluding hydrogens is 446 g/mol. The van der Waals surface area contributed by atoms with E-state index in [9.17, 15) is 5.11 Å². The van der Waals surface area contributed by atoms with Crippen molar-refractivity contribution in [3.63, 3.8) is 0 Å². The summed E-state index contributed by atoms with van der Waals surface area (Å²) in [5.74, 6) is 0. The summed E-state index contributed by atoms with van der Waals surface area (Å²) in [6.07, 6.45) is 1.17. The van der Waals surface area contributed by atoms with Crippen LogP contribution in [0.4, 0.5) is 0 Å². The van der Waals surface area contributed by atoms with E-state index >= 15 is 0 Å². The molecule has 1 aliphatic carbocycles. The van der Waals surface area contributed by atoms with Crippen molar-refractivity contribution >= 4 is 34.6 Å². The van der Waals surface area contributed by atoms with E-state index in [1.54, 1.807) is 0 Å². The molecule has 0 aliphatic heterocycles. The van der Waals surface area contributed by atoms with E-state index in [0.717, 1.165) is 0 Å². The molecule has 5 nitrogen and oxygen atoms in total. The van der Waals surface area contributed by atoms with Gasteiger partial charge in [0.25, 0.3) is 8.32 Å². The molecule has 1 fully saturated rings. The summed E-state index contributed by atoms with van der Waals surface area (Å²) in [4.78, 5) is 2.60. The summed E-state index contributed by atoms with van der Waals surface area (Å²) in [5.41, 5.74) is 7.73. The lowest BCUT2D eigenvalue weighted by molar-refractivity contribution is 0.00296. The Labute approximate surface area is 182 Å². The van der Waals surface area contributed by atoms with Crippen LogP contribution in [-0.4, -0.2) is 36.5 Å². The Balaban J connectivity index is 2.04. The molecule has 0 bridgehead atoms. The Morgan fingerprint density at radius 1 is 1.14 bits per heavy atom. The van der Waals surface area contributed by atoms with Crippen molar-refractivity contribution in [2.45, 2.75) is 55.1 Å². The van der Waals surface area contributed by atoms with Crippen molar-refractivity contribution in [1.82, 2.24) is 0 Å². The fraction of sp³-hybridized carbons (Fsp3) is 0.455. The van der Waals surface area contributed by atoms with Gasteiger partial charge in [0.1, 0.15) is 0 Å². The van der Waals surface area contributed by atoms with E-state index in [4.69, 9.17) is 9.96 Å². The molecule has 3 atom stereocenters. The predicted molar refractivity (Wildman–Crippen MR) is 123 cm³/mol. The first-order valence-electron chi connectivity index (χ1n) is 9.90. The molecule has 0 amide bonds. The van der Waals surface area contributed by atoms with Crippen molar-refractivity contribution in [3.05, 3.63) is 71.1 Å². The third kappa shape index (κ3) is 4.16. The van der Waals surface area contributed by atoms with Crippen LogP contribution in [0.5, 0.6) is 0 Å². The van der Waals surface area contributed by atoms with Gasteiger partial charge < -0.3 is 9.53 Å². The summed E-state index contributed by atoms with van der Waals surface area (Å²) in [5, 5.41) is 17.4. The lowest BCUT2D eigenvalue weighted by atomic mass is 10.0. The van der Waals surface area contributed by atoms with Crippen LogP contribution >= 0.6 is 15.9 Å². The molecule has 2 aromatic rings. The third-order valence-electron chi connectivity index (χ3n) is 5.88. The van der Waals surface area contributed by atoms with E-state index in [2.05, 4.69) is 71.0 Å². The molecule has 1 saturated carbocycles. The van der Waals surface area contributed by atoms with Gasteiger partial charge in [-0.15, -0.1) is 0 Å². The number of aliphatic hydroxyl groups is 1. The second-order valence-corrected chi connectivity index (χ2v) is 14.1. The summed E-state index contributed by atoms with van der Waals surface area (Å²) < 4.78 is 6.87. The van der Waals surface area contributed by atoms with Gasteiger partial charge in [-0.1, -0.05) is 102 Å². The van der Waals surface area contributed by atoms with Crippen LogP contribution in [0.1, 0.15) is 33.6 Å². The van der Waals surface area contributed by atoms with Crippen molar-refractivity contribution in [2.24, 2.45) is 5.11 Å². The molecular formula is C22H28BrN3O2Si. The van der Waals surface area contributed by atoms with E-state index in [-0.39, 0.29) is 22.5 Å². The minimum Gasteiger partial charge on any atom is -0.404 e. The first-order chi connectivity index (χ1) is 13.7. The summed E-state index contributed by atoms with van der Waals surface area (Å²) in [6, 6.07) is 20.5. The number of alkyl halides is 1. The molecule has 3 rings (SSSR count). The van der Waals surface area contributed by atoms with Crippen molar-refractivity contribution in [3.8, 4) is 0 Å². The molecule has 154 valence electrons. The third-order valence-corrected chi connectivity index (χ3v) is 12.3. The number of benzene rings is 2. The zero-order valence-corrected chi connectivity index (χ0v) is 19.7. The van der Waals surface area contributed by atoms with E-state index in [1.165, 1.54) is 10.4 Å². The maximum atomic E-state index is 11.3. The second-order valence-electron chi connectivity index (χ2n) is 8.77. The Kier molecular flexibility index (Phi) is 6.56. The van der Waals surface area contributed by atoms with Gasteiger partial charge in [-0.2, -0.15) is 0 Å². The number of nitrogens with zero attached hydrogens (tertiary/aromatic N) is 3. The van der Waals surface area contributed by atoms with Crippen molar-refractivity contribution < 1.29 is 9.53 Å². The van der Waals surface area contributed by atoms with E-state index in [1.807, 2.05) is 36.4 Å². The van der Waals surface area contributed by atoms with Crippen molar-refractivity contribution in [2.75, 3.05) is 6.61 Å². The smallest absolute Gasteiger partial charge is 0.261 e. The highest BCUT2D eigenvalue weighted by Crippen LogP contribution is 2.41. The van der Waals surface area contributed by atoms with Gasteiger partial charge in [-0.3, -0.25) is 0 Å². The van der Waals surface area contributed by atoms with Gasteiger partial charge in [0, 0.05) is 4.91 Å². The van der Waals surface area contributed by atoms with Gasteiger partial charge in [0.05, 0.1) is 23.1 Å². The van der Waals surface area contributed by atoms with Crippen LogP contribution in [0.25, 0.3) is 10.4 Å². The van der Waals surface area contributed by atoms with Crippen molar-refractivity contribution in [1.29, 1.82) is 0 Å². The van der Waals surface area contributed by atoms with Gasteiger partial charge >= 0.3 is 0 Å². The average Bonchev–Trinajstić information content (AvgIpc) is 2.98. The number of hydrogen-bond donors (Lipinski definition) is 1. The molecule has 1 aliphatic rings. The molecule has 0 aromatic heterocycles. The molecule has 0 radical (unpaired) electrons. The summed E-state index contributed by atoms with van der Waals surface area (Å²) >= 11 is 3.58. The minimum atomic E-state index is -2.72. The van der Waals surface area contributed by atoms with Crippen LogP contribution in [0.3, 0.4) is 0 Å². The number of halogens is 1.